The lowest BCUT2D eigenvalue weighted by Gasteiger charge is -2.29. The normalized spacial score (nSPS) is 12.4. The van der Waals surface area contributed by atoms with Gasteiger partial charge in [-0.2, -0.15) is 0 Å². The first kappa shape index (κ1) is 112. The molecule has 23 heteroatoms. The standard InChI is InChI=1S/C43H64O9.C28H36O6.C23H28O4.C16H18O4/c1-8-11-17-33(9-2)32-51-41(47)43(6,10-3)29-16-28-42(4,5)40(46)50-31-15-13-12-14-30-49-36-25-21-35(22-26-36)39(45)52-37-23-18-34(19-24-37)20-27-38(44)48-7;1-5-28(2,3)27(30)33-21-9-7-6-8-20-32-24-13-10-22(11-14-24)12-19-26(29)34-25-17-15-23(31-4)16-18-25;1-4-23(2,3)22(25)27-17-16-26-20-13-10-18(11-14-20)12-15-21(24)19-8-6-5-7-9-19;1-5-16(3,4)15(18)19-11-6-7-12-10(2)8-14(17)20-13(12)9-11/h18-27,33,38,44H,8-17,28-32H2,1-7H3;10-19H,5-9,20-21H2,1-4H3;5-11,13-14H,4,12,15-17H2,1-3H3;6-9H,5H2,1-4H3/b27-20+;19-12+;;. The molecule has 3 unspecified atom stereocenters. The summed E-state index contributed by atoms with van der Waals surface area (Å²) in [4.78, 5) is 110. The molecule has 7 aromatic carbocycles. The van der Waals surface area contributed by atoms with Gasteiger partial charge in [0.05, 0.1) is 72.8 Å². The van der Waals surface area contributed by atoms with E-state index in [0.717, 1.165) is 141 Å². The van der Waals surface area contributed by atoms with Gasteiger partial charge in [-0.25, -0.2) is 14.4 Å². The number of hydrogen-bond donors (Lipinski definition) is 1. The Morgan fingerprint density at radius 3 is 1.44 bits per heavy atom. The summed E-state index contributed by atoms with van der Waals surface area (Å²) in [5.74, 6) is 2.85. The number of ketones is 1. The smallest absolute Gasteiger partial charge is 0.343 e. The van der Waals surface area contributed by atoms with Crippen molar-refractivity contribution in [2.75, 3.05) is 60.5 Å². The summed E-state index contributed by atoms with van der Waals surface area (Å²) in [7, 11) is 2.99. The highest BCUT2D eigenvalue weighted by atomic mass is 16.6. The van der Waals surface area contributed by atoms with Crippen LogP contribution in [0.2, 0.25) is 0 Å². The highest BCUT2D eigenvalue weighted by Crippen LogP contribution is 2.36. The fourth-order valence-electron chi connectivity index (χ4n) is 12.6. The zero-order valence-corrected chi connectivity index (χ0v) is 81.9. The third kappa shape index (κ3) is 42.0. The van der Waals surface area contributed by atoms with E-state index < -0.39 is 50.9 Å². The number of methoxy groups -OCH3 is 2. The Balaban J connectivity index is 0.000000333. The van der Waals surface area contributed by atoms with Gasteiger partial charge in [-0.05, 0) is 309 Å². The minimum absolute atomic E-state index is 0.120. The van der Waals surface area contributed by atoms with E-state index in [1.54, 1.807) is 110 Å². The molecular weight excluding hydrogens is 1690 g/mol. The van der Waals surface area contributed by atoms with E-state index in [4.69, 9.17) is 61.3 Å². The van der Waals surface area contributed by atoms with E-state index in [-0.39, 0.29) is 42.2 Å². The van der Waals surface area contributed by atoms with Gasteiger partial charge in [0.15, 0.2) is 12.1 Å². The van der Waals surface area contributed by atoms with Crippen molar-refractivity contribution in [3.05, 3.63) is 232 Å². The lowest BCUT2D eigenvalue weighted by Crippen LogP contribution is -2.32. The Morgan fingerprint density at radius 2 is 0.910 bits per heavy atom. The first-order chi connectivity index (χ1) is 63.5. The number of aliphatic hydroxyl groups excluding tert-OH is 1. The molecule has 0 fully saturated rings. The van der Waals surface area contributed by atoms with Crippen molar-refractivity contribution in [1.82, 2.24) is 0 Å². The first-order valence-corrected chi connectivity index (χ1v) is 46.9. The summed E-state index contributed by atoms with van der Waals surface area (Å²) < 4.78 is 70.3. The predicted molar refractivity (Wildman–Crippen MR) is 521 cm³/mol. The van der Waals surface area contributed by atoms with Crippen LogP contribution in [0.15, 0.2) is 197 Å². The monoisotopic (exact) mass is 1840 g/mol. The highest BCUT2D eigenvalue weighted by Gasteiger charge is 2.36. The van der Waals surface area contributed by atoms with Crippen molar-refractivity contribution >= 4 is 70.7 Å². The topological polar surface area (TPSA) is 298 Å². The van der Waals surface area contributed by atoms with Crippen molar-refractivity contribution in [3.8, 4) is 40.2 Å². The lowest BCUT2D eigenvalue weighted by atomic mass is 9.79. The van der Waals surface area contributed by atoms with Crippen LogP contribution in [0, 0.1) is 39.9 Å². The quantitative estimate of drug-likeness (QED) is 0.00541. The molecule has 0 saturated heterocycles. The molecule has 1 N–H and O–H groups in total. The maximum absolute atomic E-state index is 13.0. The molecule has 0 amide bonds. The molecule has 8 aromatic rings. The Bertz CT molecular complexity index is 4930. The molecule has 0 aliphatic carbocycles. The molecule has 1 aromatic heterocycles. The zero-order valence-electron chi connectivity index (χ0n) is 81.9. The molecule has 3 atom stereocenters. The maximum atomic E-state index is 13.0. The van der Waals surface area contributed by atoms with Gasteiger partial charge in [0, 0.05) is 42.7 Å². The highest BCUT2D eigenvalue weighted by molar-refractivity contribution is 5.96. The number of benzene rings is 7. The number of Topliss-reactive ketones (excluding diaryl/α,β-unsaturated/α-hetero) is 1. The number of hydrogen-bond acceptors (Lipinski definition) is 23. The molecule has 0 aliphatic rings. The van der Waals surface area contributed by atoms with Crippen LogP contribution < -0.4 is 38.8 Å². The molecule has 724 valence electrons. The molecule has 0 spiro atoms. The van der Waals surface area contributed by atoms with Crippen LogP contribution >= 0.6 is 0 Å². The minimum atomic E-state index is -0.975. The molecule has 0 bridgehead atoms. The van der Waals surface area contributed by atoms with E-state index in [9.17, 15) is 48.3 Å². The van der Waals surface area contributed by atoms with Crippen LogP contribution in [0.3, 0.4) is 0 Å². The molecule has 0 radical (unpaired) electrons. The minimum Gasteiger partial charge on any atom is -0.497 e. The van der Waals surface area contributed by atoms with Gasteiger partial charge < -0.3 is 66.4 Å². The second-order valence-electron chi connectivity index (χ2n) is 35.9. The molecule has 1 heterocycles. The number of aliphatic hydroxyl groups is 1. The Kier molecular flexibility index (Phi) is 49.6. The van der Waals surface area contributed by atoms with Gasteiger partial charge >= 0.3 is 47.4 Å². The van der Waals surface area contributed by atoms with E-state index in [1.807, 2.05) is 176 Å². The summed E-state index contributed by atoms with van der Waals surface area (Å²) in [6.07, 6.45) is 23.2. The van der Waals surface area contributed by atoms with E-state index in [1.165, 1.54) is 25.3 Å². The average Bonchev–Trinajstić information content (AvgIpc) is 0.803. The summed E-state index contributed by atoms with van der Waals surface area (Å²) in [6.45, 7) is 34.2. The lowest BCUT2D eigenvalue weighted by molar-refractivity contribution is -0.158. The molecule has 23 nitrogen and oxygen atoms in total. The molecule has 8 rings (SSSR count). The predicted octanol–water partition coefficient (Wildman–Crippen LogP) is 24.3. The van der Waals surface area contributed by atoms with Gasteiger partial charge in [-0.15, -0.1) is 0 Å². The zero-order chi connectivity index (χ0) is 97.8. The number of unbranched alkanes of at least 4 members (excludes halogenated alkanes) is 7. The van der Waals surface area contributed by atoms with Crippen LogP contribution in [0.5, 0.6) is 40.2 Å². The fourth-order valence-corrected chi connectivity index (χ4v) is 12.6. The van der Waals surface area contributed by atoms with Gasteiger partial charge in [0.1, 0.15) is 59.0 Å². The number of aryl methyl sites for hydroxylation is 2. The molecule has 133 heavy (non-hydrogen) atoms. The second kappa shape index (κ2) is 59.0. The van der Waals surface area contributed by atoms with Crippen LogP contribution in [-0.2, 0) is 58.9 Å². The fraction of sp³-hybridized carbons (Fsp3) is 0.482. The Labute approximate surface area is 788 Å². The average molecular weight is 1840 g/mol. The van der Waals surface area contributed by atoms with Crippen molar-refractivity contribution in [2.45, 2.75) is 252 Å². The van der Waals surface area contributed by atoms with Crippen LogP contribution in [0.1, 0.15) is 275 Å². The Hall–Kier alpha value is -11.7. The second-order valence-corrected chi connectivity index (χ2v) is 35.9. The number of ether oxygens (including phenoxy) is 12. The summed E-state index contributed by atoms with van der Waals surface area (Å²) in [6, 6.07) is 51.6. The van der Waals surface area contributed by atoms with Gasteiger partial charge in [0.2, 0.25) is 0 Å². The number of fused-ring (bicyclic) bond motifs is 1. The third-order valence-corrected chi connectivity index (χ3v) is 23.6. The summed E-state index contributed by atoms with van der Waals surface area (Å²) in [5, 5.41) is 10.3. The molecular formula is C110H146O23. The van der Waals surface area contributed by atoms with Crippen molar-refractivity contribution in [1.29, 1.82) is 0 Å². The van der Waals surface area contributed by atoms with Crippen LogP contribution in [0.25, 0.3) is 23.1 Å². The van der Waals surface area contributed by atoms with E-state index in [0.29, 0.717) is 124 Å². The van der Waals surface area contributed by atoms with Crippen LogP contribution in [-0.4, -0.2) is 119 Å². The largest absolute Gasteiger partial charge is 0.497 e. The summed E-state index contributed by atoms with van der Waals surface area (Å²) in [5.41, 5.74) is 2.24. The summed E-state index contributed by atoms with van der Waals surface area (Å²) >= 11 is 0. The van der Waals surface area contributed by atoms with E-state index >= 15 is 0 Å². The number of esters is 7. The van der Waals surface area contributed by atoms with Gasteiger partial charge in [0.25, 0.3) is 0 Å². The Morgan fingerprint density at radius 1 is 0.429 bits per heavy atom. The first-order valence-electron chi connectivity index (χ1n) is 46.9. The SMILES string of the molecule is CCC(C)(C)C(=O)OCCCCCCOc1ccc(/C=C/C(=O)Oc2ccc(OC)cc2)cc1.CCC(C)(C)C(=O)OCCOc1ccc(CCC(=O)c2ccccc2)cc1.CCC(C)(C)C(=O)Oc1ccc2c(C)cc(=O)oc2c1.CCCCC(CC)COC(=O)C(C)(CC)CCCC(C)(C)C(=O)OCCCCCCOc1ccc(C(=O)Oc2ccc(/C=C/C(O)OC)cc2)cc1. The van der Waals surface area contributed by atoms with E-state index in [2.05, 4.69) is 13.8 Å². The molecule has 0 aliphatic heterocycles. The van der Waals surface area contributed by atoms with Crippen molar-refractivity contribution in [2.24, 2.45) is 33.0 Å². The number of carbonyl (C=O) groups is 8. The van der Waals surface area contributed by atoms with Crippen molar-refractivity contribution < 1.29 is 105 Å². The number of rotatable bonds is 53. The third-order valence-electron chi connectivity index (χ3n) is 23.6. The van der Waals surface area contributed by atoms with Crippen molar-refractivity contribution in [3.63, 3.8) is 0 Å². The van der Waals surface area contributed by atoms with Gasteiger partial charge in [-0.1, -0.05) is 140 Å². The molecule has 0 saturated carbocycles. The maximum Gasteiger partial charge on any atom is 0.343 e. The van der Waals surface area contributed by atoms with Crippen LogP contribution in [0.4, 0.5) is 0 Å². The number of carbonyl (C=O) groups excluding carboxylic acids is 8. The van der Waals surface area contributed by atoms with Gasteiger partial charge in [-0.3, -0.25) is 28.8 Å².